The minimum absolute atomic E-state index is 0.0532. The number of hydrogen-bond acceptors (Lipinski definition) is 4. The summed E-state index contributed by atoms with van der Waals surface area (Å²) in [6.45, 7) is 2.54. The molecule has 0 bridgehead atoms. The third kappa shape index (κ3) is 4.35. The normalized spacial score (nSPS) is 11.6. The zero-order chi connectivity index (χ0) is 14.5. The fourth-order valence-electron chi connectivity index (χ4n) is 1.66. The van der Waals surface area contributed by atoms with E-state index in [1.165, 1.54) is 13.2 Å². The molecule has 0 radical (unpaired) electrons. The van der Waals surface area contributed by atoms with Crippen LogP contribution in [-0.4, -0.2) is 35.8 Å². The summed E-state index contributed by atoms with van der Waals surface area (Å²) in [6.07, 6.45) is 0.595. The van der Waals surface area contributed by atoms with Crippen LogP contribution in [0.4, 0.5) is 0 Å². The maximum absolute atomic E-state index is 12.2. The van der Waals surface area contributed by atoms with Gasteiger partial charge in [0.1, 0.15) is 10.6 Å². The lowest BCUT2D eigenvalue weighted by Crippen LogP contribution is -2.26. The van der Waals surface area contributed by atoms with Gasteiger partial charge in [0, 0.05) is 25.3 Å². The van der Waals surface area contributed by atoms with Crippen LogP contribution in [0.15, 0.2) is 17.0 Å². The second-order valence-electron chi connectivity index (χ2n) is 4.00. The first-order valence-electron chi connectivity index (χ1n) is 5.75. The highest BCUT2D eigenvalue weighted by Gasteiger charge is 2.21. The summed E-state index contributed by atoms with van der Waals surface area (Å²) < 4.78 is 36.9. The van der Waals surface area contributed by atoms with Crippen LogP contribution in [0.25, 0.3) is 0 Å². The van der Waals surface area contributed by atoms with Gasteiger partial charge >= 0.3 is 0 Å². The summed E-state index contributed by atoms with van der Waals surface area (Å²) in [5, 5.41) is 0.357. The molecule has 0 saturated carbocycles. The number of aryl methyl sites for hydroxylation is 1. The van der Waals surface area contributed by atoms with Gasteiger partial charge in [-0.05, 0) is 31.0 Å². The Labute approximate surface area is 118 Å². The van der Waals surface area contributed by atoms with Gasteiger partial charge in [-0.1, -0.05) is 11.6 Å². The van der Waals surface area contributed by atoms with Gasteiger partial charge in [-0.25, -0.2) is 13.1 Å². The number of rotatable bonds is 7. The van der Waals surface area contributed by atoms with Crippen molar-refractivity contribution in [1.82, 2.24) is 4.72 Å². The summed E-state index contributed by atoms with van der Waals surface area (Å²) in [7, 11) is -0.645. The van der Waals surface area contributed by atoms with Crippen LogP contribution in [0.3, 0.4) is 0 Å². The van der Waals surface area contributed by atoms with Gasteiger partial charge in [-0.3, -0.25) is 0 Å². The first-order valence-corrected chi connectivity index (χ1v) is 7.61. The van der Waals surface area contributed by atoms with Gasteiger partial charge < -0.3 is 9.47 Å². The van der Waals surface area contributed by atoms with E-state index < -0.39 is 10.0 Å². The Balaban J connectivity index is 3.00. The third-order valence-electron chi connectivity index (χ3n) is 2.52. The molecule has 0 aliphatic rings. The van der Waals surface area contributed by atoms with Crippen LogP contribution in [0, 0.1) is 6.92 Å². The highest BCUT2D eigenvalue weighted by Crippen LogP contribution is 2.30. The van der Waals surface area contributed by atoms with Crippen molar-refractivity contribution in [3.63, 3.8) is 0 Å². The number of benzene rings is 1. The molecule has 1 aromatic rings. The van der Waals surface area contributed by atoms with E-state index in [4.69, 9.17) is 21.1 Å². The second kappa shape index (κ2) is 7.09. The molecule has 1 N–H and O–H groups in total. The lowest BCUT2D eigenvalue weighted by atomic mass is 10.2. The highest BCUT2D eigenvalue weighted by atomic mass is 35.5. The monoisotopic (exact) mass is 307 g/mol. The van der Waals surface area contributed by atoms with Crippen LogP contribution in [0.2, 0.25) is 5.02 Å². The van der Waals surface area contributed by atoms with E-state index >= 15 is 0 Å². The van der Waals surface area contributed by atoms with E-state index in [2.05, 4.69) is 4.72 Å². The molecule has 0 heterocycles. The lowest BCUT2D eigenvalue weighted by molar-refractivity contribution is 0.196. The van der Waals surface area contributed by atoms with E-state index in [1.54, 1.807) is 20.1 Å². The average molecular weight is 308 g/mol. The predicted octanol–water partition coefficient (Wildman–Crippen LogP) is 1.97. The van der Waals surface area contributed by atoms with Gasteiger partial charge in [-0.2, -0.15) is 0 Å². The van der Waals surface area contributed by atoms with Crippen molar-refractivity contribution in [2.75, 3.05) is 27.4 Å². The largest absolute Gasteiger partial charge is 0.495 e. The number of ether oxygens (including phenoxy) is 2. The molecule has 0 aromatic heterocycles. The Kier molecular flexibility index (Phi) is 6.06. The van der Waals surface area contributed by atoms with Crippen molar-refractivity contribution in [3.8, 4) is 5.75 Å². The first kappa shape index (κ1) is 16.2. The first-order chi connectivity index (χ1) is 8.92. The molecule has 7 heteroatoms. The third-order valence-corrected chi connectivity index (χ3v) is 4.20. The van der Waals surface area contributed by atoms with Gasteiger partial charge in [0.05, 0.1) is 7.11 Å². The molecular weight excluding hydrogens is 290 g/mol. The molecule has 0 spiro atoms. The van der Waals surface area contributed by atoms with E-state index in [1.807, 2.05) is 0 Å². The molecule has 0 amide bonds. The van der Waals surface area contributed by atoms with Crippen LogP contribution >= 0.6 is 11.6 Å². The van der Waals surface area contributed by atoms with Crippen LogP contribution < -0.4 is 9.46 Å². The summed E-state index contributed by atoms with van der Waals surface area (Å²) in [6, 6.07) is 3.04. The Bertz CT molecular complexity index is 531. The summed E-state index contributed by atoms with van der Waals surface area (Å²) in [5.41, 5.74) is 0.673. The summed E-state index contributed by atoms with van der Waals surface area (Å²) in [5.74, 6) is 0.309. The number of sulfonamides is 1. The minimum Gasteiger partial charge on any atom is -0.495 e. The number of hydrogen-bond donors (Lipinski definition) is 1. The Morgan fingerprint density at radius 3 is 2.58 bits per heavy atom. The van der Waals surface area contributed by atoms with E-state index in [0.717, 1.165) is 0 Å². The second-order valence-corrected chi connectivity index (χ2v) is 6.17. The zero-order valence-electron chi connectivity index (χ0n) is 11.2. The smallest absolute Gasteiger partial charge is 0.244 e. The molecule has 1 aromatic carbocycles. The molecule has 0 aliphatic carbocycles. The number of methoxy groups -OCH3 is 2. The standard InChI is InChI=1S/C12H18ClNO4S/c1-9-7-10(13)8-11(12(9)18-3)19(15,16)14-5-4-6-17-2/h7-8,14H,4-6H2,1-3H3. The van der Waals surface area contributed by atoms with Crippen molar-refractivity contribution in [3.05, 3.63) is 22.7 Å². The molecule has 0 unspecified atom stereocenters. The van der Waals surface area contributed by atoms with Crippen LogP contribution in [0.1, 0.15) is 12.0 Å². The highest BCUT2D eigenvalue weighted by molar-refractivity contribution is 7.89. The van der Waals surface area contributed by atoms with Gasteiger partial charge in [-0.15, -0.1) is 0 Å². The van der Waals surface area contributed by atoms with Crippen molar-refractivity contribution in [2.24, 2.45) is 0 Å². The Hall–Kier alpha value is -0.820. The molecule has 0 atom stereocenters. The average Bonchev–Trinajstić information content (AvgIpc) is 2.34. The Morgan fingerprint density at radius 2 is 2.00 bits per heavy atom. The maximum atomic E-state index is 12.2. The predicted molar refractivity (Wildman–Crippen MR) is 74.4 cm³/mol. The van der Waals surface area contributed by atoms with Gasteiger partial charge in [0.2, 0.25) is 10.0 Å². The zero-order valence-corrected chi connectivity index (χ0v) is 12.8. The van der Waals surface area contributed by atoms with E-state index in [9.17, 15) is 8.42 Å². The fraction of sp³-hybridized carbons (Fsp3) is 0.500. The van der Waals surface area contributed by atoms with E-state index in [-0.39, 0.29) is 4.90 Å². The molecular formula is C12H18ClNO4S. The molecule has 0 saturated heterocycles. The maximum Gasteiger partial charge on any atom is 0.244 e. The Morgan fingerprint density at radius 1 is 1.32 bits per heavy atom. The van der Waals surface area contributed by atoms with Crippen molar-refractivity contribution in [2.45, 2.75) is 18.2 Å². The van der Waals surface area contributed by atoms with E-state index in [0.29, 0.717) is 35.9 Å². The molecule has 19 heavy (non-hydrogen) atoms. The lowest BCUT2D eigenvalue weighted by Gasteiger charge is -2.13. The molecule has 0 fully saturated rings. The molecule has 0 aliphatic heterocycles. The quantitative estimate of drug-likeness (QED) is 0.782. The fourth-order valence-corrected chi connectivity index (χ4v) is 3.34. The molecule has 108 valence electrons. The van der Waals surface area contributed by atoms with Gasteiger partial charge in [0.25, 0.3) is 0 Å². The van der Waals surface area contributed by atoms with Crippen molar-refractivity contribution in [1.29, 1.82) is 0 Å². The summed E-state index contributed by atoms with van der Waals surface area (Å²) >= 11 is 5.90. The minimum atomic E-state index is -3.64. The number of halogens is 1. The van der Waals surface area contributed by atoms with Crippen LogP contribution in [-0.2, 0) is 14.8 Å². The SMILES string of the molecule is COCCCNS(=O)(=O)c1cc(Cl)cc(C)c1OC. The molecule has 5 nitrogen and oxygen atoms in total. The summed E-state index contributed by atoms with van der Waals surface area (Å²) in [4.78, 5) is 0.0532. The van der Waals surface area contributed by atoms with Gasteiger partial charge in [0.15, 0.2) is 0 Å². The van der Waals surface area contributed by atoms with Crippen molar-refractivity contribution >= 4 is 21.6 Å². The number of nitrogens with one attached hydrogen (secondary N) is 1. The van der Waals surface area contributed by atoms with Crippen molar-refractivity contribution < 1.29 is 17.9 Å². The topological polar surface area (TPSA) is 64.6 Å². The van der Waals surface area contributed by atoms with Crippen LogP contribution in [0.5, 0.6) is 5.75 Å². The molecule has 1 rings (SSSR count).